The molecule has 0 heterocycles. The summed E-state index contributed by atoms with van der Waals surface area (Å²) in [5.74, 6) is -0.485. The Labute approximate surface area is 102 Å². The van der Waals surface area contributed by atoms with E-state index in [9.17, 15) is 4.79 Å². The number of benzene rings is 1. The highest BCUT2D eigenvalue weighted by Crippen LogP contribution is 2.29. The Morgan fingerprint density at radius 2 is 2.12 bits per heavy atom. The molecule has 0 aliphatic rings. The highest BCUT2D eigenvalue weighted by molar-refractivity contribution is 5.71. The van der Waals surface area contributed by atoms with E-state index in [-0.39, 0.29) is 0 Å². The van der Waals surface area contributed by atoms with Crippen LogP contribution in [-0.4, -0.2) is 24.7 Å². The Bertz CT molecular complexity index is 415. The molecule has 0 aliphatic carbocycles. The van der Waals surface area contributed by atoms with Crippen molar-refractivity contribution in [1.82, 2.24) is 0 Å². The minimum atomic E-state index is -0.804. The number of hydrogen-bond donors (Lipinski definition) is 2. The molecule has 94 valence electrons. The number of methoxy groups -OCH3 is 1. The molecule has 0 saturated heterocycles. The Balaban J connectivity index is 2.86. The topological polar surface area (TPSA) is 58.6 Å². The molecule has 0 saturated carbocycles. The first-order valence-electron chi connectivity index (χ1n) is 5.57. The van der Waals surface area contributed by atoms with E-state index in [2.05, 4.69) is 5.32 Å². The summed E-state index contributed by atoms with van der Waals surface area (Å²) in [6.45, 7) is 6.03. The van der Waals surface area contributed by atoms with Gasteiger partial charge in [-0.25, -0.2) is 0 Å². The molecule has 1 unspecified atom stereocenters. The van der Waals surface area contributed by atoms with Crippen LogP contribution in [0, 0.1) is 19.8 Å². The number of ether oxygens (including phenoxy) is 1. The van der Waals surface area contributed by atoms with Gasteiger partial charge in [-0.15, -0.1) is 0 Å². The standard InChI is InChI=1S/C13H19NO3/c1-8-5-9(2)12(11(6-8)17-4)14-7-10(3)13(15)16/h5-6,10,14H,7H2,1-4H3,(H,15,16). The van der Waals surface area contributed by atoms with Gasteiger partial charge in [0.15, 0.2) is 0 Å². The maximum Gasteiger partial charge on any atom is 0.308 e. The third kappa shape index (κ3) is 3.37. The summed E-state index contributed by atoms with van der Waals surface area (Å²) in [5, 5.41) is 12.0. The second-order valence-electron chi connectivity index (χ2n) is 4.28. The van der Waals surface area contributed by atoms with Gasteiger partial charge in [-0.1, -0.05) is 13.0 Å². The number of anilines is 1. The molecule has 0 bridgehead atoms. The van der Waals surface area contributed by atoms with Crippen molar-refractivity contribution in [3.8, 4) is 5.75 Å². The van der Waals surface area contributed by atoms with Crippen LogP contribution in [0.4, 0.5) is 5.69 Å². The van der Waals surface area contributed by atoms with Gasteiger partial charge in [0, 0.05) is 6.54 Å². The first-order chi connectivity index (χ1) is 7.95. The molecule has 0 spiro atoms. The van der Waals surface area contributed by atoms with Gasteiger partial charge in [0.1, 0.15) is 5.75 Å². The zero-order valence-corrected chi connectivity index (χ0v) is 10.7. The number of carbonyl (C=O) groups is 1. The molecule has 17 heavy (non-hydrogen) atoms. The molecule has 4 nitrogen and oxygen atoms in total. The number of nitrogens with one attached hydrogen (secondary N) is 1. The van der Waals surface area contributed by atoms with E-state index in [0.717, 1.165) is 22.6 Å². The normalized spacial score (nSPS) is 12.0. The summed E-state index contributed by atoms with van der Waals surface area (Å²) in [6, 6.07) is 3.97. The van der Waals surface area contributed by atoms with Crippen LogP contribution in [-0.2, 0) is 4.79 Å². The number of hydrogen-bond acceptors (Lipinski definition) is 3. The molecule has 4 heteroatoms. The van der Waals surface area contributed by atoms with Crippen LogP contribution < -0.4 is 10.1 Å². The molecule has 0 radical (unpaired) electrons. The summed E-state index contributed by atoms with van der Waals surface area (Å²) in [5.41, 5.74) is 3.04. The molecule has 1 aromatic carbocycles. The lowest BCUT2D eigenvalue weighted by Crippen LogP contribution is -2.20. The summed E-state index contributed by atoms with van der Waals surface area (Å²) in [6.07, 6.45) is 0. The first-order valence-corrected chi connectivity index (χ1v) is 5.57. The first kappa shape index (κ1) is 13.4. The van der Waals surface area contributed by atoms with Gasteiger partial charge in [-0.2, -0.15) is 0 Å². The van der Waals surface area contributed by atoms with Gasteiger partial charge in [0.05, 0.1) is 18.7 Å². The fourth-order valence-electron chi connectivity index (χ4n) is 1.66. The van der Waals surface area contributed by atoms with Gasteiger partial charge < -0.3 is 15.2 Å². The number of carboxylic acid groups (broad SMARTS) is 1. The van der Waals surface area contributed by atoms with E-state index in [4.69, 9.17) is 9.84 Å². The van der Waals surface area contributed by atoms with Crippen LogP contribution in [0.5, 0.6) is 5.75 Å². The van der Waals surface area contributed by atoms with Crippen LogP contribution in [0.2, 0.25) is 0 Å². The summed E-state index contributed by atoms with van der Waals surface area (Å²) >= 11 is 0. The van der Waals surface area contributed by atoms with E-state index in [1.54, 1.807) is 14.0 Å². The lowest BCUT2D eigenvalue weighted by atomic mass is 10.1. The summed E-state index contributed by atoms with van der Waals surface area (Å²) < 4.78 is 5.29. The number of rotatable bonds is 5. The van der Waals surface area contributed by atoms with E-state index < -0.39 is 11.9 Å². The van der Waals surface area contributed by atoms with E-state index in [1.165, 1.54) is 0 Å². The van der Waals surface area contributed by atoms with E-state index >= 15 is 0 Å². The van der Waals surface area contributed by atoms with E-state index in [1.807, 2.05) is 26.0 Å². The van der Waals surface area contributed by atoms with Crippen LogP contribution in [0.15, 0.2) is 12.1 Å². The van der Waals surface area contributed by atoms with Crippen molar-refractivity contribution in [3.63, 3.8) is 0 Å². The van der Waals surface area contributed by atoms with Gasteiger partial charge >= 0.3 is 5.97 Å². The van der Waals surface area contributed by atoms with E-state index in [0.29, 0.717) is 6.54 Å². The van der Waals surface area contributed by atoms with Gasteiger partial charge in [-0.05, 0) is 31.0 Å². The van der Waals surface area contributed by atoms with Crippen molar-refractivity contribution in [2.24, 2.45) is 5.92 Å². The fraction of sp³-hybridized carbons (Fsp3) is 0.462. The Hall–Kier alpha value is -1.71. The Morgan fingerprint density at radius 1 is 1.47 bits per heavy atom. The predicted octanol–water partition coefficient (Wildman–Crippen LogP) is 2.44. The summed E-state index contributed by atoms with van der Waals surface area (Å²) in [7, 11) is 1.61. The zero-order chi connectivity index (χ0) is 13.0. The monoisotopic (exact) mass is 237 g/mol. The zero-order valence-electron chi connectivity index (χ0n) is 10.7. The SMILES string of the molecule is COc1cc(C)cc(C)c1NCC(C)C(=O)O. The lowest BCUT2D eigenvalue weighted by molar-refractivity contribution is -0.140. The van der Waals surface area contributed by atoms with Gasteiger partial charge in [0.2, 0.25) is 0 Å². The fourth-order valence-corrected chi connectivity index (χ4v) is 1.66. The van der Waals surface area contributed by atoms with Crippen LogP contribution >= 0.6 is 0 Å². The second kappa shape index (κ2) is 5.57. The quantitative estimate of drug-likeness (QED) is 0.825. The molecule has 0 aromatic heterocycles. The van der Waals surface area contributed by atoms with Crippen molar-refractivity contribution in [2.75, 3.05) is 19.0 Å². The lowest BCUT2D eigenvalue weighted by Gasteiger charge is -2.16. The molecule has 1 rings (SSSR count). The second-order valence-corrected chi connectivity index (χ2v) is 4.28. The van der Waals surface area contributed by atoms with Crippen LogP contribution in [0.25, 0.3) is 0 Å². The third-order valence-electron chi connectivity index (χ3n) is 2.67. The maximum absolute atomic E-state index is 10.7. The molecule has 0 fully saturated rings. The highest BCUT2D eigenvalue weighted by atomic mass is 16.5. The van der Waals surface area contributed by atoms with Crippen molar-refractivity contribution >= 4 is 11.7 Å². The van der Waals surface area contributed by atoms with Crippen molar-refractivity contribution < 1.29 is 14.6 Å². The van der Waals surface area contributed by atoms with Crippen molar-refractivity contribution in [1.29, 1.82) is 0 Å². The minimum Gasteiger partial charge on any atom is -0.495 e. The third-order valence-corrected chi connectivity index (χ3v) is 2.67. The van der Waals surface area contributed by atoms with Crippen LogP contribution in [0.3, 0.4) is 0 Å². The number of aryl methyl sites for hydroxylation is 2. The van der Waals surface area contributed by atoms with Crippen molar-refractivity contribution in [2.45, 2.75) is 20.8 Å². The molecule has 0 amide bonds. The Morgan fingerprint density at radius 3 is 2.65 bits per heavy atom. The molecule has 2 N–H and O–H groups in total. The average Bonchev–Trinajstić information content (AvgIpc) is 2.26. The van der Waals surface area contributed by atoms with Crippen LogP contribution in [0.1, 0.15) is 18.1 Å². The number of carboxylic acids is 1. The van der Waals surface area contributed by atoms with Gasteiger partial charge in [-0.3, -0.25) is 4.79 Å². The molecule has 0 aliphatic heterocycles. The molecule has 1 aromatic rings. The van der Waals surface area contributed by atoms with Crippen molar-refractivity contribution in [3.05, 3.63) is 23.3 Å². The maximum atomic E-state index is 10.7. The minimum absolute atomic E-state index is 0.385. The Kier molecular flexibility index (Phi) is 4.37. The average molecular weight is 237 g/mol. The number of aliphatic carboxylic acids is 1. The summed E-state index contributed by atoms with van der Waals surface area (Å²) in [4.78, 5) is 10.7. The molecule has 1 atom stereocenters. The predicted molar refractivity (Wildman–Crippen MR) is 67.8 cm³/mol. The molecular weight excluding hydrogens is 218 g/mol. The van der Waals surface area contributed by atoms with Gasteiger partial charge in [0.25, 0.3) is 0 Å². The largest absolute Gasteiger partial charge is 0.495 e. The molecular formula is C13H19NO3. The smallest absolute Gasteiger partial charge is 0.308 e. The highest BCUT2D eigenvalue weighted by Gasteiger charge is 2.13.